The van der Waals surface area contributed by atoms with Gasteiger partial charge in [-0.15, -0.1) is 45.3 Å². The van der Waals surface area contributed by atoms with Gasteiger partial charge in [0, 0.05) is 108 Å². The molecule has 16 nitrogen and oxygen atoms in total. The summed E-state index contributed by atoms with van der Waals surface area (Å²) < 4.78 is 61.0. The van der Waals surface area contributed by atoms with E-state index in [1.54, 1.807) is 68.4 Å². The Hall–Kier alpha value is -12.9. The third-order valence-electron chi connectivity index (χ3n) is 26.9. The number of nitrogens with zero attached hydrogens (tertiary/aromatic N) is 3. The van der Waals surface area contributed by atoms with Crippen LogP contribution in [0.15, 0.2) is 218 Å². The van der Waals surface area contributed by atoms with Gasteiger partial charge in [0.15, 0.2) is 23.0 Å². The third-order valence-corrected chi connectivity index (χ3v) is 31.4. The number of benzene rings is 12. The van der Waals surface area contributed by atoms with Crippen molar-refractivity contribution in [3.63, 3.8) is 0 Å². The number of rotatable bonds is 31. The number of fused-ring (bicyclic) bond motifs is 4. The summed E-state index contributed by atoms with van der Waals surface area (Å²) in [5, 5.41) is 43.3. The summed E-state index contributed by atoms with van der Waals surface area (Å²) in [4.78, 5) is 64.4. The van der Waals surface area contributed by atoms with Gasteiger partial charge >= 0.3 is 0 Å². The van der Waals surface area contributed by atoms with Gasteiger partial charge in [0.2, 0.25) is 23.1 Å². The number of likely N-dealkylation sites (tertiary alicyclic amines) is 3. The van der Waals surface area contributed by atoms with Crippen LogP contribution >= 0.6 is 45.3 Å². The van der Waals surface area contributed by atoms with Crippen molar-refractivity contribution in [2.24, 2.45) is 11.8 Å². The zero-order valence-electron chi connectivity index (χ0n) is 83.7. The van der Waals surface area contributed by atoms with E-state index in [1.807, 2.05) is 190 Å². The van der Waals surface area contributed by atoms with Crippen molar-refractivity contribution in [1.29, 1.82) is 0 Å². The van der Waals surface area contributed by atoms with Crippen molar-refractivity contribution in [2.75, 3.05) is 72.2 Å². The number of aryl methyl sites for hydroxylation is 12. The second kappa shape index (κ2) is 46.7. The molecule has 22 heteroatoms. The number of ether oxygens (including phenoxy) is 5. The van der Waals surface area contributed by atoms with Crippen molar-refractivity contribution >= 4 is 109 Å². The highest BCUT2D eigenvalue weighted by molar-refractivity contribution is 7.22. The molecule has 7 heterocycles. The van der Waals surface area contributed by atoms with Crippen molar-refractivity contribution in [3.05, 3.63) is 344 Å². The van der Waals surface area contributed by atoms with Crippen molar-refractivity contribution in [3.8, 4) is 74.7 Å². The van der Waals surface area contributed by atoms with E-state index >= 15 is 0 Å². The molecule has 4 aromatic heterocycles. The summed E-state index contributed by atoms with van der Waals surface area (Å²) in [6, 6.07) is 67.0. The van der Waals surface area contributed by atoms with Crippen LogP contribution in [0.4, 0.5) is 8.78 Å². The first-order valence-electron chi connectivity index (χ1n) is 49.5. The topological polar surface area (TPSA) is 205 Å². The lowest BCUT2D eigenvalue weighted by Gasteiger charge is -2.37. The monoisotopic (exact) mass is 1990 g/mol. The van der Waals surface area contributed by atoms with E-state index in [9.17, 15) is 48.4 Å². The minimum absolute atomic E-state index is 0.0443. The van der Waals surface area contributed by atoms with Crippen LogP contribution in [0.5, 0.6) is 74.7 Å². The molecule has 3 saturated heterocycles. The van der Waals surface area contributed by atoms with Crippen LogP contribution in [0.3, 0.4) is 0 Å². The number of phenols is 4. The molecule has 0 spiro atoms. The molecule has 4 N–H and O–H groups in total. The highest BCUT2D eigenvalue weighted by Gasteiger charge is 2.32. The van der Waals surface area contributed by atoms with E-state index in [1.165, 1.54) is 133 Å². The molecule has 740 valence electrons. The molecule has 0 amide bonds. The van der Waals surface area contributed by atoms with Crippen LogP contribution < -0.4 is 23.7 Å². The van der Waals surface area contributed by atoms with Gasteiger partial charge in [-0.25, -0.2) is 4.39 Å². The maximum absolute atomic E-state index is 13.9. The number of carbonyl (C=O) groups is 4. The number of aromatic hydroxyl groups is 4. The number of halogens is 2. The molecule has 0 unspecified atom stereocenters. The molecule has 0 saturated carbocycles. The SMILES string of the molecule is CCCCCc1ccc(Oc2c(C(=O)c3c(C)cc(C)cc3C)sc3cc(O)ccc23)cc1.Cc1cc(C)c(C(=O)c2sc3cc(O)ccc3c2Oc2ccc(CCN3CC[C@H](C)C3)cc2)c(C)c1.Cc1cc(C)c(C(=O)c2sc3cc(O)ccc3c2Oc2ccc(OCCN3CCCCCC3)cc2)c(C)c1.Cc1cc(F)cc(C)c1C(=O)c1sc2cc(O)ccc2c1Oc1ccc(CCN2CC(CF)C2)cc1. The number of thiophene rings is 4. The predicted octanol–water partition coefficient (Wildman–Crippen LogP) is 30.4. The van der Waals surface area contributed by atoms with Gasteiger partial charge in [-0.05, 0) is 353 Å². The molecule has 12 aromatic carbocycles. The Balaban J connectivity index is 0.000000137. The molecule has 3 fully saturated rings. The fourth-order valence-corrected chi connectivity index (χ4v) is 24.3. The number of hydrogen-bond donors (Lipinski definition) is 4. The van der Waals surface area contributed by atoms with Gasteiger partial charge in [0.05, 0.1) is 6.67 Å². The van der Waals surface area contributed by atoms with Gasteiger partial charge in [-0.1, -0.05) is 129 Å². The normalized spacial score (nSPS) is 14.0. The van der Waals surface area contributed by atoms with E-state index in [2.05, 4.69) is 52.8 Å². The lowest BCUT2D eigenvalue weighted by molar-refractivity contribution is 0.0824. The standard InChI is InChI=1S/C32H35NO4S.C31H33NO3S.C29H27F2NO3S.C29H30O3S/c1-21-18-22(2)29(23(3)19-21)30(35)32-31(27-13-8-24(34)20-28(27)38-32)37-26-11-9-25(10-12-26)36-17-16-33-14-6-4-5-7-15-33;1-19-11-13-32(18-19)14-12-23-5-8-25(9-6-23)35-30-26-10-7-24(33)17-27(26)36-31(30)29(34)28-21(3)15-20(2)16-22(28)4;1-17-11-21(31)12-18(2)26(17)27(34)29-28(24-8-5-22(33)13-25(24)36-29)35-23-6-3-19(4-7-23)9-10-32-15-20(14-30)16-32;1-5-6-7-8-21-9-12-23(13-10-21)32-28-24-14-11-22(30)17-25(24)33-29(28)27(31)26-19(3)15-18(2)16-20(26)4/h8-13,18-20,34H,4-7,14-17H2,1-3H3;5-10,15-17,19,33H,11-14,18H2,1-4H3;3-8,11-13,20,33H,9-10,14-16H2,1-2H3;9-17,30H,5-8H2,1-4H3/t;19-;;/m.0../s1. The largest absolute Gasteiger partial charge is 0.508 e. The quantitative estimate of drug-likeness (QED) is 0.0236. The minimum Gasteiger partial charge on any atom is -0.508 e. The molecule has 1 atom stereocenters. The zero-order chi connectivity index (χ0) is 101. The smallest absolute Gasteiger partial charge is 0.207 e. The third kappa shape index (κ3) is 25.1. The predicted molar refractivity (Wildman–Crippen MR) is 579 cm³/mol. The van der Waals surface area contributed by atoms with Crippen LogP contribution in [0.25, 0.3) is 40.3 Å². The fraction of sp³-hybridized carbons (Fsp3) is 0.306. The molecule has 16 aromatic rings. The van der Waals surface area contributed by atoms with Crippen molar-refractivity contribution in [2.45, 2.75) is 161 Å². The molecular weight excluding hydrogens is 1870 g/mol. The van der Waals surface area contributed by atoms with Crippen molar-refractivity contribution in [1.82, 2.24) is 14.7 Å². The molecule has 3 aliphatic heterocycles. The molecule has 3 aliphatic rings. The van der Waals surface area contributed by atoms with Crippen LogP contribution in [0.1, 0.15) is 204 Å². The number of ketones is 4. The van der Waals surface area contributed by atoms with Crippen LogP contribution in [-0.4, -0.2) is 130 Å². The Bertz CT molecular complexity index is 7220. The highest BCUT2D eigenvalue weighted by atomic mass is 32.1. The van der Waals surface area contributed by atoms with Crippen LogP contribution in [-0.2, 0) is 19.3 Å². The van der Waals surface area contributed by atoms with Gasteiger partial charge in [-0.2, -0.15) is 0 Å². The van der Waals surface area contributed by atoms with Gasteiger partial charge in [0.25, 0.3) is 0 Å². The summed E-state index contributed by atoms with van der Waals surface area (Å²) in [6.45, 7) is 35.6. The number of alkyl halides is 1. The second-order valence-corrected chi connectivity index (χ2v) is 42.9. The first kappa shape index (κ1) is 103. The average Bonchev–Trinajstić information content (AvgIpc) is 1.60. The fourth-order valence-electron chi connectivity index (χ4n) is 19.8. The van der Waals surface area contributed by atoms with Gasteiger partial charge in [-0.3, -0.25) is 28.5 Å². The lowest BCUT2D eigenvalue weighted by atomic mass is 9.95. The number of carbonyl (C=O) groups excluding carboxylic acids is 4. The molecule has 0 bridgehead atoms. The van der Waals surface area contributed by atoms with Crippen LogP contribution in [0, 0.1) is 93.8 Å². The van der Waals surface area contributed by atoms with E-state index in [4.69, 9.17) is 23.7 Å². The Labute approximate surface area is 852 Å². The Morgan fingerprint density at radius 2 is 0.657 bits per heavy atom. The van der Waals surface area contributed by atoms with Gasteiger partial charge < -0.3 is 53.9 Å². The molecule has 19 rings (SSSR count). The second-order valence-electron chi connectivity index (χ2n) is 38.7. The minimum atomic E-state index is -0.379. The lowest BCUT2D eigenvalue weighted by Crippen LogP contribution is -2.48. The summed E-state index contributed by atoms with van der Waals surface area (Å²) in [7, 11) is 0. The zero-order valence-corrected chi connectivity index (χ0v) is 87.0. The molecule has 0 radical (unpaired) electrons. The maximum atomic E-state index is 13.9. The summed E-state index contributed by atoms with van der Waals surface area (Å²) in [5.74, 6) is 6.30. The van der Waals surface area contributed by atoms with Crippen molar-refractivity contribution < 1.29 is 72.1 Å². The first-order valence-corrected chi connectivity index (χ1v) is 52.8. The maximum Gasteiger partial charge on any atom is 0.207 e. The number of unbranched alkanes of at least 4 members (excludes halogenated alkanes) is 2. The van der Waals surface area contributed by atoms with Crippen LogP contribution in [0.2, 0.25) is 0 Å². The summed E-state index contributed by atoms with van der Waals surface area (Å²) >= 11 is 5.33. The number of hydrogen-bond acceptors (Lipinski definition) is 20. The highest BCUT2D eigenvalue weighted by Crippen LogP contribution is 2.49. The Morgan fingerprint density at radius 3 is 0.972 bits per heavy atom. The summed E-state index contributed by atoms with van der Waals surface area (Å²) in [5.41, 5.74) is 16.6. The Morgan fingerprint density at radius 1 is 0.350 bits per heavy atom. The number of phenolic OH excluding ortho intramolecular Hbond substituents is 4. The van der Waals surface area contributed by atoms with E-state index in [0.29, 0.717) is 105 Å². The van der Waals surface area contributed by atoms with Gasteiger partial charge in [0.1, 0.15) is 83.7 Å². The molecular formula is C121H125F2N3O13S4. The summed E-state index contributed by atoms with van der Waals surface area (Å²) in [6.07, 6.45) is 13.1. The van der Waals surface area contributed by atoms with E-state index < -0.39 is 0 Å². The van der Waals surface area contributed by atoms with E-state index in [0.717, 1.165) is 173 Å². The average molecular weight is 2000 g/mol. The molecule has 143 heavy (non-hydrogen) atoms. The Kier molecular flexibility index (Phi) is 33.6. The van der Waals surface area contributed by atoms with E-state index in [-0.39, 0.29) is 64.5 Å². The first-order chi connectivity index (χ1) is 68.8. The molecule has 0 aliphatic carbocycles.